The SMILES string of the molecule is O=S(=O)(N[C@@H]1CCC12CCN(Cc1cccnc1)CC2)c1ccccc1. The maximum absolute atomic E-state index is 12.6. The first kappa shape index (κ1) is 17.6. The van der Waals surface area contributed by atoms with Crippen molar-refractivity contribution in [2.75, 3.05) is 13.1 Å². The molecule has 1 N–H and O–H groups in total. The van der Waals surface area contributed by atoms with Crippen LogP contribution in [-0.2, 0) is 16.6 Å². The Labute approximate surface area is 155 Å². The molecule has 1 aliphatic carbocycles. The first-order valence-electron chi connectivity index (χ1n) is 9.26. The van der Waals surface area contributed by atoms with Crippen LogP contribution in [0, 0.1) is 5.41 Å². The Morgan fingerprint density at radius 1 is 1.08 bits per heavy atom. The van der Waals surface area contributed by atoms with Gasteiger partial charge in [-0.15, -0.1) is 0 Å². The van der Waals surface area contributed by atoms with Gasteiger partial charge in [0.15, 0.2) is 0 Å². The van der Waals surface area contributed by atoms with E-state index in [4.69, 9.17) is 0 Å². The van der Waals surface area contributed by atoms with E-state index in [1.165, 1.54) is 5.56 Å². The first-order chi connectivity index (χ1) is 12.6. The summed E-state index contributed by atoms with van der Waals surface area (Å²) in [5.41, 5.74) is 1.37. The second kappa shape index (κ2) is 7.10. The van der Waals surface area contributed by atoms with Gasteiger partial charge in [0.25, 0.3) is 0 Å². The second-order valence-corrected chi connectivity index (χ2v) is 9.24. The van der Waals surface area contributed by atoms with E-state index in [9.17, 15) is 8.42 Å². The van der Waals surface area contributed by atoms with E-state index in [2.05, 4.69) is 20.7 Å². The van der Waals surface area contributed by atoms with Crippen LogP contribution >= 0.6 is 0 Å². The average Bonchev–Trinajstić information content (AvgIpc) is 2.68. The van der Waals surface area contributed by atoms with Crippen molar-refractivity contribution in [2.24, 2.45) is 5.41 Å². The van der Waals surface area contributed by atoms with Crippen LogP contribution in [0.25, 0.3) is 0 Å². The zero-order valence-corrected chi connectivity index (χ0v) is 15.7. The second-order valence-electron chi connectivity index (χ2n) is 7.53. The quantitative estimate of drug-likeness (QED) is 0.878. The lowest BCUT2D eigenvalue weighted by molar-refractivity contribution is 0.000680. The molecule has 0 unspecified atom stereocenters. The fraction of sp³-hybridized carbons (Fsp3) is 0.450. The highest BCUT2D eigenvalue weighted by Crippen LogP contribution is 2.49. The lowest BCUT2D eigenvalue weighted by Gasteiger charge is -2.54. The lowest BCUT2D eigenvalue weighted by Crippen LogP contribution is -2.58. The van der Waals surface area contributed by atoms with Crippen LogP contribution in [0.15, 0.2) is 59.8 Å². The van der Waals surface area contributed by atoms with E-state index in [-0.39, 0.29) is 11.5 Å². The van der Waals surface area contributed by atoms with Gasteiger partial charge in [-0.25, -0.2) is 13.1 Å². The standard InChI is InChI=1S/C20H25N3O2S/c24-26(25,18-6-2-1-3-7-18)22-19-8-9-20(19)10-13-23(14-11-20)16-17-5-4-12-21-15-17/h1-7,12,15,19,22H,8-11,13-14,16H2/t19-/m1/s1. The van der Waals surface area contributed by atoms with Crippen LogP contribution < -0.4 is 4.72 Å². The Balaban J connectivity index is 1.37. The van der Waals surface area contributed by atoms with Gasteiger partial charge in [0.2, 0.25) is 10.0 Å². The molecule has 1 atom stereocenters. The number of rotatable bonds is 5. The molecule has 0 amide bonds. The minimum atomic E-state index is -3.43. The van der Waals surface area contributed by atoms with Gasteiger partial charge >= 0.3 is 0 Å². The summed E-state index contributed by atoms with van der Waals surface area (Å²) in [6.45, 7) is 2.95. The third kappa shape index (κ3) is 3.54. The number of likely N-dealkylation sites (tertiary alicyclic amines) is 1. The Bertz CT molecular complexity index is 832. The minimum absolute atomic E-state index is 0.0632. The predicted octanol–water partition coefficient (Wildman–Crippen LogP) is 2.80. The van der Waals surface area contributed by atoms with E-state index in [1.54, 1.807) is 30.5 Å². The molecule has 1 spiro atoms. The molecule has 1 aliphatic heterocycles. The topological polar surface area (TPSA) is 62.3 Å². The summed E-state index contributed by atoms with van der Waals surface area (Å²) in [7, 11) is -3.43. The highest BCUT2D eigenvalue weighted by Gasteiger charge is 2.49. The van der Waals surface area contributed by atoms with Gasteiger partial charge in [0.05, 0.1) is 4.90 Å². The number of nitrogens with zero attached hydrogens (tertiary/aromatic N) is 2. The molecule has 1 aromatic carbocycles. The molecule has 0 bridgehead atoms. The summed E-state index contributed by atoms with van der Waals surface area (Å²) < 4.78 is 28.3. The van der Waals surface area contributed by atoms with Gasteiger partial charge in [-0.3, -0.25) is 9.88 Å². The monoisotopic (exact) mass is 371 g/mol. The van der Waals surface area contributed by atoms with Gasteiger partial charge in [-0.2, -0.15) is 0 Å². The number of piperidine rings is 1. The Morgan fingerprint density at radius 2 is 1.85 bits per heavy atom. The van der Waals surface area contributed by atoms with Gasteiger partial charge < -0.3 is 0 Å². The van der Waals surface area contributed by atoms with Gasteiger partial charge in [-0.05, 0) is 68.0 Å². The fourth-order valence-corrected chi connectivity index (χ4v) is 5.63. The maximum atomic E-state index is 12.6. The van der Waals surface area contributed by atoms with E-state index < -0.39 is 10.0 Å². The number of aromatic nitrogens is 1. The maximum Gasteiger partial charge on any atom is 0.240 e. The Kier molecular flexibility index (Phi) is 4.82. The van der Waals surface area contributed by atoms with Crippen LogP contribution in [0.3, 0.4) is 0 Å². The Morgan fingerprint density at radius 3 is 2.46 bits per heavy atom. The molecule has 2 aliphatic rings. The summed E-state index contributed by atoms with van der Waals surface area (Å²) >= 11 is 0. The number of sulfonamides is 1. The van der Waals surface area contributed by atoms with E-state index >= 15 is 0 Å². The van der Waals surface area contributed by atoms with Gasteiger partial charge in [-0.1, -0.05) is 24.3 Å². The number of benzene rings is 1. The highest BCUT2D eigenvalue weighted by molar-refractivity contribution is 7.89. The molecule has 2 heterocycles. The van der Waals surface area contributed by atoms with Crippen LogP contribution in [-0.4, -0.2) is 37.4 Å². The molecule has 26 heavy (non-hydrogen) atoms. The summed E-state index contributed by atoms with van der Waals surface area (Å²) in [6, 6.07) is 12.8. The van der Waals surface area contributed by atoms with Crippen molar-refractivity contribution >= 4 is 10.0 Å². The van der Waals surface area contributed by atoms with Crippen LogP contribution in [0.5, 0.6) is 0 Å². The molecule has 2 fully saturated rings. The number of hydrogen-bond acceptors (Lipinski definition) is 4. The smallest absolute Gasteiger partial charge is 0.240 e. The third-order valence-corrected chi connectivity index (χ3v) is 7.49. The zero-order valence-electron chi connectivity index (χ0n) is 14.8. The van der Waals surface area contributed by atoms with Crippen molar-refractivity contribution in [1.29, 1.82) is 0 Å². The molecule has 1 saturated heterocycles. The minimum Gasteiger partial charge on any atom is -0.299 e. The molecular weight excluding hydrogens is 346 g/mol. The first-order valence-corrected chi connectivity index (χ1v) is 10.7. The molecule has 5 nitrogen and oxygen atoms in total. The van der Waals surface area contributed by atoms with Crippen molar-refractivity contribution in [3.63, 3.8) is 0 Å². The van der Waals surface area contributed by atoms with E-state index in [0.29, 0.717) is 4.90 Å². The molecule has 4 rings (SSSR count). The largest absolute Gasteiger partial charge is 0.299 e. The lowest BCUT2D eigenvalue weighted by atomic mass is 9.59. The molecule has 2 aromatic rings. The molecule has 1 aromatic heterocycles. The normalized spacial score (nSPS) is 22.8. The summed E-state index contributed by atoms with van der Waals surface area (Å²) in [5, 5.41) is 0. The molecule has 1 saturated carbocycles. The number of nitrogens with one attached hydrogen (secondary N) is 1. The average molecular weight is 372 g/mol. The molecule has 0 radical (unpaired) electrons. The molecule has 6 heteroatoms. The number of pyridine rings is 1. The predicted molar refractivity (Wildman–Crippen MR) is 101 cm³/mol. The van der Waals surface area contributed by atoms with Crippen LogP contribution in [0.2, 0.25) is 0 Å². The number of hydrogen-bond donors (Lipinski definition) is 1. The van der Waals surface area contributed by atoms with Crippen molar-refractivity contribution in [3.05, 3.63) is 60.4 Å². The summed E-state index contributed by atoms with van der Waals surface area (Å²) in [6.07, 6.45) is 7.88. The van der Waals surface area contributed by atoms with E-state index in [1.807, 2.05) is 18.3 Å². The Hall–Kier alpha value is -1.76. The van der Waals surface area contributed by atoms with Crippen molar-refractivity contribution in [2.45, 2.75) is 43.2 Å². The third-order valence-electron chi connectivity index (χ3n) is 6.00. The van der Waals surface area contributed by atoms with E-state index in [0.717, 1.165) is 45.3 Å². The van der Waals surface area contributed by atoms with Crippen LogP contribution in [0.1, 0.15) is 31.2 Å². The fourth-order valence-electron chi connectivity index (χ4n) is 4.24. The molecule has 138 valence electrons. The van der Waals surface area contributed by atoms with Crippen LogP contribution in [0.4, 0.5) is 0 Å². The van der Waals surface area contributed by atoms with Crippen molar-refractivity contribution < 1.29 is 8.42 Å². The summed E-state index contributed by atoms with van der Waals surface area (Å²) in [5.74, 6) is 0. The van der Waals surface area contributed by atoms with Gasteiger partial charge in [0.1, 0.15) is 0 Å². The zero-order chi connectivity index (χ0) is 18.0. The van der Waals surface area contributed by atoms with Gasteiger partial charge in [0, 0.05) is 25.0 Å². The summed E-state index contributed by atoms with van der Waals surface area (Å²) in [4.78, 5) is 6.99. The van der Waals surface area contributed by atoms with Crippen molar-refractivity contribution in [1.82, 2.24) is 14.6 Å². The molecular formula is C20H25N3O2S. The highest BCUT2D eigenvalue weighted by atomic mass is 32.2. The van der Waals surface area contributed by atoms with Crippen molar-refractivity contribution in [3.8, 4) is 0 Å².